The SMILES string of the molecule is O=c1c(-c2cccc([N+]3=COCC3)c2C(F)(F)F)c(O)c2ncccc2n1CC(F)F. The first kappa shape index (κ1) is 20.8. The normalized spacial score (nSPS) is 14.2. The Kier molecular flexibility index (Phi) is 5.11. The second-order valence-corrected chi connectivity index (χ2v) is 6.77. The summed E-state index contributed by atoms with van der Waals surface area (Å²) < 4.78 is 75.6. The smallest absolute Gasteiger partial charge is 0.423 e. The van der Waals surface area contributed by atoms with Gasteiger partial charge in [0.2, 0.25) is 5.69 Å². The zero-order valence-electron chi connectivity index (χ0n) is 15.7. The van der Waals surface area contributed by atoms with Crippen molar-refractivity contribution in [3.05, 3.63) is 52.4 Å². The monoisotopic (exact) mass is 440 g/mol. The number of rotatable bonds is 4. The lowest BCUT2D eigenvalue weighted by Gasteiger charge is -2.18. The highest BCUT2D eigenvalue weighted by molar-refractivity contribution is 5.90. The van der Waals surface area contributed by atoms with Gasteiger partial charge in [-0.2, -0.15) is 17.7 Å². The van der Waals surface area contributed by atoms with Crippen molar-refractivity contribution in [2.45, 2.75) is 19.1 Å². The number of benzene rings is 1. The molecule has 4 rings (SSSR count). The molecule has 1 aliphatic rings. The Morgan fingerprint density at radius 1 is 1.23 bits per heavy atom. The van der Waals surface area contributed by atoms with Crippen molar-refractivity contribution < 1.29 is 36.4 Å². The van der Waals surface area contributed by atoms with Crippen LogP contribution in [0.3, 0.4) is 0 Å². The quantitative estimate of drug-likeness (QED) is 0.496. The summed E-state index contributed by atoms with van der Waals surface area (Å²) in [6.07, 6.45) is -5.51. The number of halogens is 5. The predicted octanol–water partition coefficient (Wildman–Crippen LogP) is 3.76. The van der Waals surface area contributed by atoms with E-state index < -0.39 is 47.1 Å². The third-order valence-corrected chi connectivity index (χ3v) is 4.87. The summed E-state index contributed by atoms with van der Waals surface area (Å²) >= 11 is 0. The zero-order valence-corrected chi connectivity index (χ0v) is 15.7. The molecule has 2 aromatic heterocycles. The fraction of sp³-hybridized carbons (Fsp3) is 0.250. The molecule has 0 unspecified atom stereocenters. The average molecular weight is 440 g/mol. The summed E-state index contributed by atoms with van der Waals surface area (Å²) in [6, 6.07) is 6.15. The van der Waals surface area contributed by atoms with Crippen LogP contribution in [0.15, 0.2) is 41.3 Å². The summed E-state index contributed by atoms with van der Waals surface area (Å²) in [5.41, 5.74) is -4.41. The van der Waals surface area contributed by atoms with Crippen LogP contribution in [-0.4, -0.2) is 45.2 Å². The number of pyridine rings is 2. The lowest BCUT2D eigenvalue weighted by Crippen LogP contribution is -2.26. The molecular weight excluding hydrogens is 425 g/mol. The number of aromatic hydroxyl groups is 1. The molecule has 1 N–H and O–H groups in total. The van der Waals surface area contributed by atoms with Gasteiger partial charge in [0.25, 0.3) is 12.0 Å². The van der Waals surface area contributed by atoms with Crippen LogP contribution in [0.2, 0.25) is 0 Å². The number of hydrogen-bond acceptors (Lipinski definition) is 4. The minimum atomic E-state index is -4.92. The first-order valence-electron chi connectivity index (χ1n) is 9.11. The van der Waals surface area contributed by atoms with Gasteiger partial charge in [0.05, 0.1) is 17.6 Å². The highest BCUT2D eigenvalue weighted by Gasteiger charge is 2.42. The van der Waals surface area contributed by atoms with E-state index in [2.05, 4.69) is 4.98 Å². The van der Waals surface area contributed by atoms with Crippen molar-refractivity contribution >= 4 is 23.1 Å². The standard InChI is InChI=1S/C20H14F5N3O3/c21-14(22)9-28-13-5-2-6-26-17(13)18(29)15(19(28)30)11-3-1-4-12(16(11)20(23,24)25)27-7-8-31-10-27/h1-6,10,14H,7-9H2/p+1. The Bertz CT molecular complexity index is 1250. The minimum Gasteiger partial charge on any atom is -0.505 e. The number of fused-ring (bicyclic) bond motifs is 1. The largest absolute Gasteiger partial charge is 0.505 e. The first-order chi connectivity index (χ1) is 14.7. The number of nitrogens with zero attached hydrogens (tertiary/aromatic N) is 3. The summed E-state index contributed by atoms with van der Waals surface area (Å²) in [5.74, 6) is -0.810. The highest BCUT2D eigenvalue weighted by Crippen LogP contribution is 2.44. The van der Waals surface area contributed by atoms with E-state index in [0.717, 1.165) is 12.5 Å². The van der Waals surface area contributed by atoms with Gasteiger partial charge in [0.15, 0.2) is 18.9 Å². The molecule has 3 heterocycles. The molecule has 0 amide bonds. The van der Waals surface area contributed by atoms with Gasteiger partial charge in [-0.05, 0) is 12.1 Å². The van der Waals surface area contributed by atoms with Crippen LogP contribution in [0.4, 0.5) is 27.6 Å². The Hall–Kier alpha value is -3.50. The van der Waals surface area contributed by atoms with Crippen molar-refractivity contribution in [1.29, 1.82) is 0 Å². The molecule has 0 atom stereocenters. The summed E-state index contributed by atoms with van der Waals surface area (Å²) in [4.78, 5) is 17.0. The molecule has 0 radical (unpaired) electrons. The number of ether oxygens (including phenoxy) is 1. The van der Waals surface area contributed by atoms with Gasteiger partial charge in [-0.3, -0.25) is 9.78 Å². The second-order valence-electron chi connectivity index (χ2n) is 6.77. The number of aromatic nitrogens is 2. The van der Waals surface area contributed by atoms with Gasteiger partial charge < -0.3 is 14.4 Å². The molecule has 0 saturated carbocycles. The Morgan fingerprint density at radius 3 is 2.65 bits per heavy atom. The second kappa shape index (κ2) is 7.64. The van der Waals surface area contributed by atoms with Crippen molar-refractivity contribution in [2.75, 3.05) is 13.2 Å². The maximum Gasteiger partial charge on any atom is 0.423 e. The van der Waals surface area contributed by atoms with Gasteiger partial charge >= 0.3 is 12.6 Å². The Labute approximate surface area is 171 Å². The molecule has 3 aromatic rings. The lowest BCUT2D eigenvalue weighted by atomic mass is 9.96. The molecule has 0 aliphatic carbocycles. The van der Waals surface area contributed by atoms with Crippen LogP contribution in [0, 0.1) is 0 Å². The zero-order chi connectivity index (χ0) is 22.3. The van der Waals surface area contributed by atoms with Crippen molar-refractivity contribution in [3.8, 4) is 16.9 Å². The summed E-state index contributed by atoms with van der Waals surface area (Å²) in [7, 11) is 0. The Balaban J connectivity index is 2.11. The van der Waals surface area contributed by atoms with Crippen molar-refractivity contribution in [1.82, 2.24) is 9.55 Å². The molecule has 1 aliphatic heterocycles. The fourth-order valence-electron chi connectivity index (χ4n) is 3.63. The van der Waals surface area contributed by atoms with Crippen LogP contribution in [0.1, 0.15) is 5.56 Å². The lowest BCUT2D eigenvalue weighted by molar-refractivity contribution is -0.426. The predicted molar refractivity (Wildman–Crippen MR) is 101 cm³/mol. The average Bonchev–Trinajstić information content (AvgIpc) is 3.25. The third kappa shape index (κ3) is 3.60. The maximum atomic E-state index is 14.1. The van der Waals surface area contributed by atoms with Gasteiger partial charge in [-0.15, -0.1) is 0 Å². The van der Waals surface area contributed by atoms with E-state index >= 15 is 0 Å². The van der Waals surface area contributed by atoms with Gasteiger partial charge in [-0.25, -0.2) is 8.78 Å². The molecule has 162 valence electrons. The molecule has 6 nitrogen and oxygen atoms in total. The van der Waals surface area contributed by atoms with E-state index in [-0.39, 0.29) is 29.9 Å². The van der Waals surface area contributed by atoms with Crippen molar-refractivity contribution in [3.63, 3.8) is 0 Å². The van der Waals surface area contributed by atoms with E-state index in [4.69, 9.17) is 4.74 Å². The van der Waals surface area contributed by atoms with E-state index in [0.29, 0.717) is 4.57 Å². The van der Waals surface area contributed by atoms with Crippen molar-refractivity contribution in [2.24, 2.45) is 0 Å². The maximum absolute atomic E-state index is 14.1. The fourth-order valence-corrected chi connectivity index (χ4v) is 3.63. The minimum absolute atomic E-state index is 0.111. The van der Waals surface area contributed by atoms with Crippen LogP contribution >= 0.6 is 0 Å². The van der Waals surface area contributed by atoms with Gasteiger partial charge in [-0.1, -0.05) is 12.1 Å². The number of hydrogen-bond donors (Lipinski definition) is 1. The van der Waals surface area contributed by atoms with Crippen LogP contribution in [0.5, 0.6) is 5.75 Å². The first-order valence-corrected chi connectivity index (χ1v) is 9.11. The third-order valence-electron chi connectivity index (χ3n) is 4.87. The molecule has 1 aromatic carbocycles. The molecule has 11 heteroatoms. The van der Waals surface area contributed by atoms with E-state index in [9.17, 15) is 31.9 Å². The Morgan fingerprint density at radius 2 is 2.00 bits per heavy atom. The summed E-state index contributed by atoms with van der Waals surface area (Å²) in [6.45, 7) is -0.746. The molecule has 0 spiro atoms. The number of alkyl halides is 5. The molecule has 0 bridgehead atoms. The molecule has 31 heavy (non-hydrogen) atoms. The van der Waals surface area contributed by atoms with Crippen LogP contribution in [-0.2, 0) is 17.5 Å². The van der Waals surface area contributed by atoms with Gasteiger partial charge in [0, 0.05) is 17.8 Å². The van der Waals surface area contributed by atoms with E-state index in [1.54, 1.807) is 0 Å². The van der Waals surface area contributed by atoms with E-state index in [1.807, 2.05) is 0 Å². The van der Waals surface area contributed by atoms with Gasteiger partial charge in [0.1, 0.15) is 11.1 Å². The molecule has 0 fully saturated rings. The summed E-state index contributed by atoms with van der Waals surface area (Å²) in [5, 5.41) is 10.7. The van der Waals surface area contributed by atoms with E-state index in [1.165, 1.54) is 35.0 Å². The van der Waals surface area contributed by atoms with Crippen LogP contribution in [0.25, 0.3) is 22.2 Å². The topological polar surface area (TPSA) is 67.4 Å². The highest BCUT2D eigenvalue weighted by atomic mass is 19.4. The molecule has 0 saturated heterocycles. The van der Waals surface area contributed by atoms with Crippen LogP contribution < -0.4 is 5.56 Å². The molecular formula is C20H15F5N3O3+.